The Labute approximate surface area is 164 Å². The first-order valence-corrected chi connectivity index (χ1v) is 9.54. The van der Waals surface area contributed by atoms with Crippen LogP contribution >= 0.6 is 11.3 Å². The number of aryl methyl sites for hydroxylation is 2. The van der Waals surface area contributed by atoms with Crippen LogP contribution in [0.1, 0.15) is 25.9 Å². The molecule has 3 aromatic rings. The normalized spacial score (nSPS) is 12.2. The van der Waals surface area contributed by atoms with Gasteiger partial charge in [0.05, 0.1) is 5.69 Å². The van der Waals surface area contributed by atoms with Gasteiger partial charge in [0, 0.05) is 25.2 Å². The van der Waals surface area contributed by atoms with Crippen molar-refractivity contribution in [2.24, 2.45) is 0 Å². The van der Waals surface area contributed by atoms with Crippen LogP contribution in [0.15, 0.2) is 35.3 Å². The molecule has 0 saturated heterocycles. The zero-order chi connectivity index (χ0) is 19.7. The molecule has 2 aromatic heterocycles. The average molecular weight is 398 g/mol. The first-order valence-electron chi connectivity index (χ1n) is 8.72. The van der Waals surface area contributed by atoms with Crippen molar-refractivity contribution in [3.8, 4) is 17.2 Å². The molecule has 1 N–H and O–H groups in total. The minimum atomic E-state index is -0.404. The third-order valence-corrected chi connectivity index (χ3v) is 5.25. The Balaban J connectivity index is 1.56. The summed E-state index contributed by atoms with van der Waals surface area (Å²) in [6, 6.07) is 6.96. The Kier molecular flexibility index (Phi) is 4.82. The maximum atomic E-state index is 13.0. The molecule has 144 valence electrons. The second kappa shape index (κ2) is 7.43. The topological polar surface area (TPSA) is 95.3 Å². The molecule has 1 amide bonds. The molecule has 0 atom stereocenters. The van der Waals surface area contributed by atoms with E-state index in [9.17, 15) is 9.59 Å². The monoisotopic (exact) mass is 398 g/mol. The molecule has 0 spiro atoms. The summed E-state index contributed by atoms with van der Waals surface area (Å²) in [6.07, 6.45) is 2.22. The van der Waals surface area contributed by atoms with Gasteiger partial charge in [0.25, 0.3) is 11.5 Å². The number of hydrogen-bond acceptors (Lipinski definition) is 7. The molecule has 3 heterocycles. The molecule has 1 aliphatic rings. The molecule has 0 unspecified atom stereocenters. The van der Waals surface area contributed by atoms with Gasteiger partial charge in [-0.15, -0.1) is 21.5 Å². The Hall–Kier alpha value is -3.20. The quantitative estimate of drug-likeness (QED) is 0.706. The van der Waals surface area contributed by atoms with E-state index in [0.717, 1.165) is 10.0 Å². The number of fused-ring (bicyclic) bond motifs is 1. The molecule has 28 heavy (non-hydrogen) atoms. The second-order valence-electron chi connectivity index (χ2n) is 6.31. The predicted molar refractivity (Wildman–Crippen MR) is 104 cm³/mol. The van der Waals surface area contributed by atoms with Crippen molar-refractivity contribution in [1.29, 1.82) is 0 Å². The van der Waals surface area contributed by atoms with Crippen molar-refractivity contribution in [1.82, 2.24) is 20.1 Å². The minimum Gasteiger partial charge on any atom is -0.454 e. The number of pyridine rings is 1. The Morgan fingerprint density at radius 2 is 2.04 bits per heavy atom. The van der Waals surface area contributed by atoms with Crippen LogP contribution in [-0.4, -0.2) is 34.0 Å². The average Bonchev–Trinajstić information content (AvgIpc) is 3.30. The number of nitrogens with one attached hydrogen (secondary N) is 1. The lowest BCUT2D eigenvalue weighted by Crippen LogP contribution is -2.34. The van der Waals surface area contributed by atoms with E-state index < -0.39 is 5.91 Å². The third kappa shape index (κ3) is 3.48. The lowest BCUT2D eigenvalue weighted by Gasteiger charge is -2.11. The highest BCUT2D eigenvalue weighted by Crippen LogP contribution is 2.33. The number of hydrogen-bond donors (Lipinski definition) is 1. The van der Waals surface area contributed by atoms with Gasteiger partial charge in [-0.05, 0) is 37.6 Å². The Bertz CT molecular complexity index is 1110. The van der Waals surface area contributed by atoms with E-state index in [2.05, 4.69) is 15.5 Å². The molecule has 1 aliphatic heterocycles. The first kappa shape index (κ1) is 18.2. The number of ether oxygens (including phenoxy) is 2. The predicted octanol–water partition coefficient (Wildman–Crippen LogP) is 2.01. The summed E-state index contributed by atoms with van der Waals surface area (Å²) < 4.78 is 12.1. The maximum Gasteiger partial charge on any atom is 0.268 e. The fraction of sp³-hybridized carbons (Fsp3) is 0.263. The lowest BCUT2D eigenvalue weighted by molar-refractivity contribution is 0.0951. The van der Waals surface area contributed by atoms with Crippen LogP contribution in [0.4, 0.5) is 0 Å². The SMILES string of the molecule is Cc1nnc(CCNC(=O)c2c(C)ccn(-c3ccc4c(c3)OCO4)c2=O)s1. The number of rotatable bonds is 5. The molecule has 0 radical (unpaired) electrons. The van der Waals surface area contributed by atoms with E-state index in [0.29, 0.717) is 35.7 Å². The van der Waals surface area contributed by atoms with Gasteiger partial charge >= 0.3 is 0 Å². The number of benzene rings is 1. The van der Waals surface area contributed by atoms with Crippen LogP contribution in [0.2, 0.25) is 0 Å². The fourth-order valence-corrected chi connectivity index (χ4v) is 3.66. The molecule has 0 aliphatic carbocycles. The Morgan fingerprint density at radius 1 is 1.21 bits per heavy atom. The number of nitrogens with zero attached hydrogens (tertiary/aromatic N) is 3. The Morgan fingerprint density at radius 3 is 2.82 bits per heavy atom. The van der Waals surface area contributed by atoms with Gasteiger partial charge in [-0.3, -0.25) is 14.2 Å². The smallest absolute Gasteiger partial charge is 0.268 e. The van der Waals surface area contributed by atoms with Crippen molar-refractivity contribution < 1.29 is 14.3 Å². The summed E-state index contributed by atoms with van der Waals surface area (Å²) in [5.74, 6) is 0.802. The largest absolute Gasteiger partial charge is 0.454 e. The van der Waals surface area contributed by atoms with Crippen LogP contribution in [-0.2, 0) is 6.42 Å². The number of carbonyl (C=O) groups excluding carboxylic acids is 1. The van der Waals surface area contributed by atoms with Gasteiger partial charge in [-0.1, -0.05) is 0 Å². The van der Waals surface area contributed by atoms with Gasteiger partial charge in [0.1, 0.15) is 15.6 Å². The number of amides is 1. The zero-order valence-corrected chi connectivity index (χ0v) is 16.2. The van der Waals surface area contributed by atoms with E-state index in [1.54, 1.807) is 37.4 Å². The highest BCUT2D eigenvalue weighted by molar-refractivity contribution is 7.11. The van der Waals surface area contributed by atoms with Crippen molar-refractivity contribution in [3.05, 3.63) is 62.0 Å². The van der Waals surface area contributed by atoms with Gasteiger partial charge in [0.15, 0.2) is 11.5 Å². The van der Waals surface area contributed by atoms with Crippen molar-refractivity contribution in [2.45, 2.75) is 20.3 Å². The van der Waals surface area contributed by atoms with Gasteiger partial charge in [-0.2, -0.15) is 0 Å². The van der Waals surface area contributed by atoms with Crippen LogP contribution < -0.4 is 20.3 Å². The van der Waals surface area contributed by atoms with Gasteiger partial charge < -0.3 is 14.8 Å². The van der Waals surface area contributed by atoms with Crippen molar-refractivity contribution in [2.75, 3.05) is 13.3 Å². The van der Waals surface area contributed by atoms with Crippen LogP contribution in [0, 0.1) is 13.8 Å². The van der Waals surface area contributed by atoms with Crippen LogP contribution in [0.3, 0.4) is 0 Å². The zero-order valence-electron chi connectivity index (χ0n) is 15.4. The molecule has 9 heteroatoms. The van der Waals surface area contributed by atoms with Crippen LogP contribution in [0.25, 0.3) is 5.69 Å². The van der Waals surface area contributed by atoms with E-state index in [4.69, 9.17) is 9.47 Å². The van der Waals surface area contributed by atoms with Crippen molar-refractivity contribution >= 4 is 17.2 Å². The molecule has 8 nitrogen and oxygen atoms in total. The number of aromatic nitrogens is 3. The molecular formula is C19H18N4O4S. The molecule has 0 fully saturated rings. The van der Waals surface area contributed by atoms with Gasteiger partial charge in [0.2, 0.25) is 6.79 Å². The summed E-state index contributed by atoms with van der Waals surface area (Å²) in [4.78, 5) is 25.6. The summed E-state index contributed by atoms with van der Waals surface area (Å²) >= 11 is 1.49. The molecule has 0 bridgehead atoms. The highest BCUT2D eigenvalue weighted by atomic mass is 32.1. The summed E-state index contributed by atoms with van der Waals surface area (Å²) in [7, 11) is 0. The molecule has 4 rings (SSSR count). The van der Waals surface area contributed by atoms with E-state index in [1.165, 1.54) is 15.9 Å². The molecular weight excluding hydrogens is 380 g/mol. The highest BCUT2D eigenvalue weighted by Gasteiger charge is 2.18. The summed E-state index contributed by atoms with van der Waals surface area (Å²) in [5.41, 5.74) is 0.954. The molecule has 0 saturated carbocycles. The molecule has 1 aromatic carbocycles. The maximum absolute atomic E-state index is 13.0. The second-order valence-corrected chi connectivity index (χ2v) is 7.57. The lowest BCUT2D eigenvalue weighted by atomic mass is 10.1. The van der Waals surface area contributed by atoms with Crippen LogP contribution in [0.5, 0.6) is 11.5 Å². The summed E-state index contributed by atoms with van der Waals surface area (Å²) in [6.45, 7) is 4.16. The first-order chi connectivity index (χ1) is 13.5. The van der Waals surface area contributed by atoms with E-state index >= 15 is 0 Å². The van der Waals surface area contributed by atoms with E-state index in [-0.39, 0.29) is 17.9 Å². The third-order valence-electron chi connectivity index (χ3n) is 4.35. The van der Waals surface area contributed by atoms with Crippen molar-refractivity contribution in [3.63, 3.8) is 0 Å². The van der Waals surface area contributed by atoms with E-state index in [1.807, 2.05) is 6.92 Å². The number of carbonyl (C=O) groups is 1. The van der Waals surface area contributed by atoms with Gasteiger partial charge in [-0.25, -0.2) is 0 Å². The minimum absolute atomic E-state index is 0.119. The summed E-state index contributed by atoms with van der Waals surface area (Å²) in [5, 5.41) is 12.5. The standard InChI is InChI=1S/C19H18N4O4S/c1-11-6-8-23(13-3-4-14-15(9-13)27-10-26-14)19(25)17(11)18(24)20-7-5-16-22-21-12(2)28-16/h3-4,6,8-9H,5,7,10H2,1-2H3,(H,20,24). The fourth-order valence-electron chi connectivity index (χ4n) is 2.95.